The Morgan fingerprint density at radius 3 is 2.48 bits per heavy atom. The van der Waals surface area contributed by atoms with Crippen molar-refractivity contribution in [3.05, 3.63) is 23.9 Å². The molecule has 1 atom stereocenters. The van der Waals surface area contributed by atoms with Crippen LogP contribution in [0.1, 0.15) is 30.1 Å². The molecular weight excluding hydrogens is 302 g/mol. The molecule has 1 aromatic heterocycles. The van der Waals surface area contributed by atoms with E-state index in [1.54, 1.807) is 0 Å². The van der Waals surface area contributed by atoms with Crippen molar-refractivity contribution < 1.29 is 14.4 Å². The molecule has 1 saturated heterocycles. The second kappa shape index (κ2) is 6.83. The van der Waals surface area contributed by atoms with E-state index in [0.29, 0.717) is 5.82 Å². The van der Waals surface area contributed by atoms with Crippen molar-refractivity contribution in [1.82, 2.24) is 15.2 Å². The number of aromatic nitrogens is 1. The van der Waals surface area contributed by atoms with Gasteiger partial charge in [0, 0.05) is 19.0 Å². The molecule has 1 fully saturated rings. The lowest BCUT2D eigenvalue weighted by Gasteiger charge is -2.26. The topological polar surface area (TPSA) is 156 Å². The normalized spacial score (nSPS) is 16.4. The number of hydrazone groups is 1. The number of nitrogens with two attached hydrogens (primary N) is 2. The Bertz CT molecular complexity index is 640. The number of hydrazine groups is 1. The van der Waals surface area contributed by atoms with Gasteiger partial charge in [0.25, 0.3) is 5.91 Å². The zero-order valence-corrected chi connectivity index (χ0v) is 12.4. The molecule has 0 saturated carbocycles. The number of hydrogen-bond donors (Lipinski definition) is 4. The van der Waals surface area contributed by atoms with E-state index < -0.39 is 12.1 Å². The van der Waals surface area contributed by atoms with Crippen LogP contribution in [-0.2, 0) is 9.59 Å². The first-order chi connectivity index (χ1) is 11.0. The highest BCUT2D eigenvalue weighted by molar-refractivity contribution is 6.08. The number of nitrogens with one attached hydrogen (secondary N) is 2. The van der Waals surface area contributed by atoms with Gasteiger partial charge in [-0.1, -0.05) is 0 Å². The summed E-state index contributed by atoms with van der Waals surface area (Å²) in [5, 5.41) is 6.06. The van der Waals surface area contributed by atoms with Crippen LogP contribution in [-0.4, -0.2) is 39.5 Å². The number of amides is 3. The van der Waals surface area contributed by atoms with Crippen molar-refractivity contribution in [2.75, 3.05) is 5.43 Å². The summed E-state index contributed by atoms with van der Waals surface area (Å²) in [5.41, 5.74) is 2.81. The van der Waals surface area contributed by atoms with Crippen molar-refractivity contribution in [3.8, 4) is 0 Å². The molecule has 23 heavy (non-hydrogen) atoms. The minimum absolute atomic E-state index is 0.0987. The second-order valence-corrected chi connectivity index (χ2v) is 4.88. The number of carbonyl (C=O) groups is 3. The van der Waals surface area contributed by atoms with Crippen molar-refractivity contribution in [2.45, 2.75) is 25.9 Å². The van der Waals surface area contributed by atoms with Gasteiger partial charge in [-0.05, 0) is 19.1 Å². The summed E-state index contributed by atoms with van der Waals surface area (Å²) in [7, 11) is 0. The molecule has 0 radical (unpaired) electrons. The van der Waals surface area contributed by atoms with E-state index in [0.717, 1.165) is 4.90 Å². The summed E-state index contributed by atoms with van der Waals surface area (Å²) in [6.45, 7) is 1.52. The third-order valence-corrected chi connectivity index (χ3v) is 3.39. The lowest BCUT2D eigenvalue weighted by molar-refractivity contribution is -0.139. The first-order valence-electron chi connectivity index (χ1n) is 6.80. The molecule has 2 heterocycles. The molecule has 1 aliphatic heterocycles. The second-order valence-electron chi connectivity index (χ2n) is 4.88. The largest absolute Gasteiger partial charge is 0.326 e. The molecule has 122 valence electrons. The van der Waals surface area contributed by atoms with Crippen LogP contribution in [0.15, 0.2) is 23.4 Å². The van der Waals surface area contributed by atoms with Gasteiger partial charge in [0.2, 0.25) is 11.8 Å². The zero-order valence-electron chi connectivity index (χ0n) is 12.4. The molecule has 1 aromatic rings. The maximum atomic E-state index is 12.3. The Hall–Kier alpha value is -3.01. The molecular formula is C13H17N7O3. The maximum absolute atomic E-state index is 12.3. The molecule has 0 spiro atoms. The third kappa shape index (κ3) is 3.43. The summed E-state index contributed by atoms with van der Waals surface area (Å²) in [5.74, 6) is 9.53. The van der Waals surface area contributed by atoms with Crippen LogP contribution >= 0.6 is 0 Å². The number of imide groups is 1. The van der Waals surface area contributed by atoms with Crippen LogP contribution in [0.5, 0.6) is 0 Å². The predicted molar refractivity (Wildman–Crippen MR) is 81.7 cm³/mol. The summed E-state index contributed by atoms with van der Waals surface area (Å²) in [6, 6.07) is 3.01. The Labute approximate surface area is 131 Å². The highest BCUT2D eigenvalue weighted by Gasteiger charge is 2.37. The molecule has 3 amide bonds. The Balaban J connectivity index is 2.21. The van der Waals surface area contributed by atoms with E-state index in [1.165, 1.54) is 25.3 Å². The van der Waals surface area contributed by atoms with Crippen molar-refractivity contribution in [2.24, 2.45) is 16.8 Å². The fourth-order valence-corrected chi connectivity index (χ4v) is 2.13. The standard InChI is InChI=1S/C13H17N7O3/c1-7(18-14)12(20-10(21)4-5-11(20)22)17-13(23)8-2-3-9(19-15)16-6-8/h2-3,6,12H,4-5,14-15H2,1H3,(H,16,19)(H,17,23). The van der Waals surface area contributed by atoms with E-state index in [2.05, 4.69) is 20.8 Å². The van der Waals surface area contributed by atoms with Gasteiger partial charge in [-0.2, -0.15) is 5.10 Å². The van der Waals surface area contributed by atoms with Gasteiger partial charge in [0.1, 0.15) is 5.82 Å². The van der Waals surface area contributed by atoms with Crippen LogP contribution in [0.2, 0.25) is 0 Å². The van der Waals surface area contributed by atoms with Gasteiger partial charge in [-0.15, -0.1) is 0 Å². The molecule has 6 N–H and O–H groups in total. The summed E-state index contributed by atoms with van der Waals surface area (Å²) < 4.78 is 0. The van der Waals surface area contributed by atoms with Crippen molar-refractivity contribution >= 4 is 29.3 Å². The molecule has 0 aromatic carbocycles. The Morgan fingerprint density at radius 2 is 2.00 bits per heavy atom. The lowest BCUT2D eigenvalue weighted by Crippen LogP contribution is -2.54. The maximum Gasteiger partial charge on any atom is 0.254 e. The fraction of sp³-hybridized carbons (Fsp3) is 0.308. The van der Waals surface area contributed by atoms with Crippen LogP contribution in [0.25, 0.3) is 0 Å². The number of pyridine rings is 1. The highest BCUT2D eigenvalue weighted by atomic mass is 16.2. The van der Waals surface area contributed by atoms with Crippen LogP contribution in [0.4, 0.5) is 5.82 Å². The van der Waals surface area contributed by atoms with Crippen LogP contribution in [0, 0.1) is 0 Å². The summed E-state index contributed by atoms with van der Waals surface area (Å²) >= 11 is 0. The van der Waals surface area contributed by atoms with E-state index >= 15 is 0 Å². The minimum atomic E-state index is -1.03. The van der Waals surface area contributed by atoms with Gasteiger partial charge in [-0.25, -0.2) is 10.8 Å². The van der Waals surface area contributed by atoms with Crippen molar-refractivity contribution in [3.63, 3.8) is 0 Å². The predicted octanol–water partition coefficient (Wildman–Crippen LogP) is -1.09. The molecule has 10 heteroatoms. The number of nitrogen functional groups attached to an aromatic ring is 1. The number of likely N-dealkylation sites (tertiary alicyclic amines) is 1. The van der Waals surface area contributed by atoms with Gasteiger partial charge in [0.15, 0.2) is 6.17 Å². The number of carbonyl (C=O) groups excluding carboxylic acids is 3. The van der Waals surface area contributed by atoms with Crippen LogP contribution < -0.4 is 22.4 Å². The minimum Gasteiger partial charge on any atom is -0.326 e. The smallest absolute Gasteiger partial charge is 0.254 e. The van der Waals surface area contributed by atoms with Gasteiger partial charge in [-0.3, -0.25) is 19.3 Å². The average Bonchev–Trinajstić information content (AvgIpc) is 2.90. The first-order valence-corrected chi connectivity index (χ1v) is 6.80. The number of nitrogens with zero attached hydrogens (tertiary/aromatic N) is 3. The average molecular weight is 319 g/mol. The van der Waals surface area contributed by atoms with E-state index in [1.807, 2.05) is 0 Å². The van der Waals surface area contributed by atoms with Gasteiger partial charge in [0.05, 0.1) is 11.3 Å². The third-order valence-electron chi connectivity index (χ3n) is 3.39. The monoisotopic (exact) mass is 319 g/mol. The molecule has 1 aliphatic rings. The quantitative estimate of drug-likeness (QED) is 0.232. The number of rotatable bonds is 5. The molecule has 2 rings (SSSR count). The molecule has 10 nitrogen and oxygen atoms in total. The number of anilines is 1. The Morgan fingerprint density at radius 1 is 1.35 bits per heavy atom. The van der Waals surface area contributed by atoms with Gasteiger partial charge < -0.3 is 16.6 Å². The summed E-state index contributed by atoms with van der Waals surface area (Å²) in [6.07, 6.45) is 0.481. The fourth-order valence-electron chi connectivity index (χ4n) is 2.13. The van der Waals surface area contributed by atoms with E-state index in [-0.39, 0.29) is 35.9 Å². The zero-order chi connectivity index (χ0) is 17.0. The van der Waals surface area contributed by atoms with Crippen molar-refractivity contribution in [1.29, 1.82) is 0 Å². The highest BCUT2D eigenvalue weighted by Crippen LogP contribution is 2.16. The lowest BCUT2D eigenvalue weighted by atomic mass is 10.2. The van der Waals surface area contributed by atoms with Gasteiger partial charge >= 0.3 is 0 Å². The molecule has 1 unspecified atom stereocenters. The molecule has 0 aliphatic carbocycles. The first kappa shape index (κ1) is 16.4. The summed E-state index contributed by atoms with van der Waals surface area (Å²) in [4.78, 5) is 40.9. The van der Waals surface area contributed by atoms with Crippen LogP contribution in [0.3, 0.4) is 0 Å². The number of hydrogen-bond acceptors (Lipinski definition) is 8. The molecule has 0 bridgehead atoms. The van der Waals surface area contributed by atoms with E-state index in [9.17, 15) is 14.4 Å². The Kier molecular flexibility index (Phi) is 4.86. The van der Waals surface area contributed by atoms with E-state index in [4.69, 9.17) is 11.7 Å². The SMILES string of the molecule is CC(=NN)C(NC(=O)c1ccc(NN)nc1)N1C(=O)CCC1=O.